The number of hydrogen-bond donors (Lipinski definition) is 3. The van der Waals surface area contributed by atoms with Crippen molar-refractivity contribution < 1.29 is 9.53 Å². The monoisotopic (exact) mass is 286 g/mol. The summed E-state index contributed by atoms with van der Waals surface area (Å²) in [5.41, 5.74) is 8.46. The van der Waals surface area contributed by atoms with E-state index >= 15 is 0 Å². The lowest BCUT2D eigenvalue weighted by Crippen LogP contribution is -2.68. The predicted octanol–water partition coefficient (Wildman–Crippen LogP) is 0.716. The molecule has 0 unspecified atom stereocenters. The summed E-state index contributed by atoms with van der Waals surface area (Å²) in [5, 5.41) is 3.00. The van der Waals surface area contributed by atoms with Crippen LogP contribution in [0.2, 0.25) is 0 Å². The SMILES string of the molecule is Cc1nc2ccc(C(=O)N[C@@H]3[C@@H](N)[C@H]4CCO[C@H]43)cc2[nH]1. The number of nitrogens with two attached hydrogens (primary N) is 1. The summed E-state index contributed by atoms with van der Waals surface area (Å²) in [5.74, 6) is 1.12. The number of nitrogens with zero attached hydrogens (tertiary/aromatic N) is 1. The fourth-order valence-electron chi connectivity index (χ4n) is 3.44. The van der Waals surface area contributed by atoms with Crippen molar-refractivity contribution in [2.75, 3.05) is 6.61 Å². The Bertz CT molecular complexity index is 711. The van der Waals surface area contributed by atoms with E-state index in [1.165, 1.54) is 0 Å². The fraction of sp³-hybridized carbons (Fsp3) is 0.467. The summed E-state index contributed by atoms with van der Waals surface area (Å²) in [4.78, 5) is 19.8. The molecule has 2 heterocycles. The van der Waals surface area contributed by atoms with E-state index in [1.54, 1.807) is 6.07 Å². The molecule has 1 aliphatic heterocycles. The number of hydrogen-bond acceptors (Lipinski definition) is 4. The molecule has 1 aromatic carbocycles. The summed E-state index contributed by atoms with van der Waals surface area (Å²) in [6, 6.07) is 5.38. The van der Waals surface area contributed by atoms with Crippen LogP contribution in [0.5, 0.6) is 0 Å². The fourth-order valence-corrected chi connectivity index (χ4v) is 3.44. The summed E-state index contributed by atoms with van der Waals surface area (Å²) < 4.78 is 5.63. The number of carbonyl (C=O) groups excluding carboxylic acids is 1. The van der Waals surface area contributed by atoms with E-state index < -0.39 is 0 Å². The Kier molecular flexibility index (Phi) is 2.77. The maximum atomic E-state index is 12.4. The van der Waals surface area contributed by atoms with Gasteiger partial charge in [0.2, 0.25) is 0 Å². The zero-order chi connectivity index (χ0) is 14.6. The maximum absolute atomic E-state index is 12.4. The van der Waals surface area contributed by atoms with Gasteiger partial charge in [-0.3, -0.25) is 4.79 Å². The van der Waals surface area contributed by atoms with Crippen LogP contribution in [-0.2, 0) is 4.74 Å². The molecule has 21 heavy (non-hydrogen) atoms. The Morgan fingerprint density at radius 1 is 1.52 bits per heavy atom. The Balaban J connectivity index is 1.53. The third kappa shape index (κ3) is 1.94. The minimum atomic E-state index is -0.112. The molecule has 2 aromatic rings. The number of amides is 1. The number of aromatic amines is 1. The van der Waals surface area contributed by atoms with Gasteiger partial charge in [-0.25, -0.2) is 4.98 Å². The number of benzene rings is 1. The molecule has 2 aliphatic rings. The zero-order valence-electron chi connectivity index (χ0n) is 11.8. The van der Waals surface area contributed by atoms with Gasteiger partial charge in [-0.2, -0.15) is 0 Å². The molecule has 4 N–H and O–H groups in total. The third-order valence-corrected chi connectivity index (χ3v) is 4.61. The summed E-state index contributed by atoms with van der Waals surface area (Å²) >= 11 is 0. The highest BCUT2D eigenvalue weighted by Gasteiger charge is 2.52. The van der Waals surface area contributed by atoms with Gasteiger partial charge in [0.25, 0.3) is 5.91 Å². The molecular formula is C15H18N4O2. The van der Waals surface area contributed by atoms with E-state index in [0.29, 0.717) is 11.5 Å². The number of imidazole rings is 1. The van der Waals surface area contributed by atoms with Crippen molar-refractivity contribution in [1.29, 1.82) is 0 Å². The average Bonchev–Trinajstić information content (AvgIpc) is 3.06. The molecule has 1 aliphatic carbocycles. The lowest BCUT2D eigenvalue weighted by Gasteiger charge is -2.45. The van der Waals surface area contributed by atoms with E-state index in [9.17, 15) is 4.79 Å². The van der Waals surface area contributed by atoms with Gasteiger partial charge >= 0.3 is 0 Å². The number of rotatable bonds is 2. The lowest BCUT2D eigenvalue weighted by molar-refractivity contribution is -0.0161. The molecule has 6 heteroatoms. The Morgan fingerprint density at radius 3 is 3.24 bits per heavy atom. The van der Waals surface area contributed by atoms with Gasteiger partial charge in [-0.15, -0.1) is 0 Å². The summed E-state index contributed by atoms with van der Waals surface area (Å²) in [7, 11) is 0. The van der Waals surface area contributed by atoms with Gasteiger partial charge in [-0.05, 0) is 31.5 Å². The average molecular weight is 286 g/mol. The Labute approximate surface area is 122 Å². The van der Waals surface area contributed by atoms with Crippen LogP contribution in [0.1, 0.15) is 22.6 Å². The molecule has 0 bridgehead atoms. The van der Waals surface area contributed by atoms with Crippen LogP contribution in [0.4, 0.5) is 0 Å². The van der Waals surface area contributed by atoms with Crippen LogP contribution in [-0.4, -0.2) is 40.7 Å². The summed E-state index contributed by atoms with van der Waals surface area (Å²) in [6.45, 7) is 2.64. The zero-order valence-corrected chi connectivity index (χ0v) is 11.8. The van der Waals surface area contributed by atoms with Crippen LogP contribution in [0.25, 0.3) is 11.0 Å². The number of carbonyl (C=O) groups is 1. The second kappa shape index (κ2) is 4.54. The second-order valence-electron chi connectivity index (χ2n) is 5.92. The standard InChI is InChI=1S/C15H18N4O2/c1-7-17-10-3-2-8(6-11(10)18-7)15(20)19-13-12(16)9-4-5-21-14(9)13/h2-3,6,9,12-14H,4-5,16H2,1H3,(H,17,18)(H,19,20)/t9-,12+,13-,14-/m1/s1. The van der Waals surface area contributed by atoms with Crippen LogP contribution < -0.4 is 11.1 Å². The van der Waals surface area contributed by atoms with Crippen LogP contribution in [0.15, 0.2) is 18.2 Å². The minimum Gasteiger partial charge on any atom is -0.376 e. The first-order chi connectivity index (χ1) is 10.1. The van der Waals surface area contributed by atoms with Gasteiger partial charge in [0.15, 0.2) is 0 Å². The van der Waals surface area contributed by atoms with Crippen molar-refractivity contribution in [3.8, 4) is 0 Å². The number of ether oxygens (including phenoxy) is 1. The molecule has 0 spiro atoms. The van der Waals surface area contributed by atoms with Crippen molar-refractivity contribution in [2.24, 2.45) is 11.7 Å². The highest BCUT2D eigenvalue weighted by atomic mass is 16.5. The molecule has 4 rings (SSSR count). The first kappa shape index (κ1) is 12.8. The highest BCUT2D eigenvalue weighted by molar-refractivity contribution is 5.97. The van der Waals surface area contributed by atoms with Crippen LogP contribution in [0.3, 0.4) is 0 Å². The van der Waals surface area contributed by atoms with E-state index in [1.807, 2.05) is 19.1 Å². The van der Waals surface area contributed by atoms with Crippen LogP contribution in [0, 0.1) is 12.8 Å². The largest absolute Gasteiger partial charge is 0.376 e. The quantitative estimate of drug-likeness (QED) is 0.758. The normalized spacial score (nSPS) is 31.0. The molecule has 1 amide bonds. The van der Waals surface area contributed by atoms with Crippen molar-refractivity contribution >= 4 is 16.9 Å². The number of aromatic nitrogens is 2. The van der Waals surface area contributed by atoms with Gasteiger partial charge in [0.1, 0.15) is 5.82 Å². The number of nitrogens with one attached hydrogen (secondary N) is 2. The predicted molar refractivity (Wildman–Crippen MR) is 77.9 cm³/mol. The molecule has 1 aromatic heterocycles. The molecular weight excluding hydrogens is 268 g/mol. The van der Waals surface area contributed by atoms with Gasteiger partial charge in [0, 0.05) is 24.1 Å². The van der Waals surface area contributed by atoms with Gasteiger partial charge in [-0.1, -0.05) is 0 Å². The van der Waals surface area contributed by atoms with Crippen LogP contribution >= 0.6 is 0 Å². The molecule has 6 nitrogen and oxygen atoms in total. The Morgan fingerprint density at radius 2 is 2.38 bits per heavy atom. The van der Waals surface area contributed by atoms with Crippen molar-refractivity contribution in [3.05, 3.63) is 29.6 Å². The molecule has 110 valence electrons. The molecule has 0 radical (unpaired) electrons. The highest BCUT2D eigenvalue weighted by Crippen LogP contribution is 2.37. The van der Waals surface area contributed by atoms with Crippen molar-refractivity contribution in [2.45, 2.75) is 31.5 Å². The molecule has 1 saturated heterocycles. The maximum Gasteiger partial charge on any atom is 0.251 e. The topological polar surface area (TPSA) is 93.0 Å². The van der Waals surface area contributed by atoms with E-state index in [0.717, 1.165) is 29.9 Å². The number of aryl methyl sites for hydroxylation is 1. The Hall–Kier alpha value is -1.92. The van der Waals surface area contributed by atoms with E-state index in [-0.39, 0.29) is 24.1 Å². The minimum absolute atomic E-state index is 0.000389. The smallest absolute Gasteiger partial charge is 0.251 e. The third-order valence-electron chi connectivity index (χ3n) is 4.61. The van der Waals surface area contributed by atoms with Gasteiger partial charge in [0.05, 0.1) is 23.2 Å². The van der Waals surface area contributed by atoms with E-state index in [2.05, 4.69) is 15.3 Å². The second-order valence-corrected chi connectivity index (χ2v) is 5.92. The lowest BCUT2D eigenvalue weighted by atomic mass is 9.72. The molecule has 1 saturated carbocycles. The first-order valence-electron chi connectivity index (χ1n) is 7.28. The summed E-state index contributed by atoms with van der Waals surface area (Å²) in [6.07, 6.45) is 1.08. The molecule has 4 atom stereocenters. The number of H-pyrrole nitrogens is 1. The van der Waals surface area contributed by atoms with Gasteiger partial charge < -0.3 is 20.8 Å². The van der Waals surface area contributed by atoms with Crippen molar-refractivity contribution in [3.63, 3.8) is 0 Å². The van der Waals surface area contributed by atoms with Crippen molar-refractivity contribution in [1.82, 2.24) is 15.3 Å². The number of fused-ring (bicyclic) bond motifs is 2. The van der Waals surface area contributed by atoms with E-state index in [4.69, 9.17) is 10.5 Å². The first-order valence-corrected chi connectivity index (χ1v) is 7.28. The molecule has 2 fully saturated rings.